The highest BCUT2D eigenvalue weighted by Crippen LogP contribution is 2.31. The van der Waals surface area contributed by atoms with Gasteiger partial charge in [-0.3, -0.25) is 4.79 Å². The first-order chi connectivity index (χ1) is 12.0. The molecule has 0 bridgehead atoms. The Labute approximate surface area is 153 Å². The lowest BCUT2D eigenvalue weighted by Gasteiger charge is -2.14. The van der Waals surface area contributed by atoms with Gasteiger partial charge < -0.3 is 9.64 Å². The number of nitrogens with one attached hydrogen (secondary N) is 1. The molecule has 11 heteroatoms. The molecule has 140 valence electrons. The molecule has 2 rings (SSSR count). The molecule has 0 saturated heterocycles. The maximum Gasteiger partial charge on any atom is 0.267 e. The summed E-state index contributed by atoms with van der Waals surface area (Å²) in [4.78, 5) is 17.4. The van der Waals surface area contributed by atoms with Gasteiger partial charge in [0.05, 0.1) is 23.0 Å². The van der Waals surface area contributed by atoms with Crippen LogP contribution in [0.2, 0.25) is 5.02 Å². The number of pyridine rings is 1. The Morgan fingerprint density at radius 3 is 2.42 bits per heavy atom. The first-order valence-electron chi connectivity index (χ1n) is 7.00. The lowest BCUT2D eigenvalue weighted by atomic mass is 10.2. The van der Waals surface area contributed by atoms with Crippen LogP contribution in [-0.4, -0.2) is 39.7 Å². The second kappa shape index (κ2) is 7.42. The molecule has 1 amide bonds. The summed E-state index contributed by atoms with van der Waals surface area (Å²) in [6.45, 7) is 0. The highest BCUT2D eigenvalue weighted by Gasteiger charge is 2.20. The average Bonchev–Trinajstić information content (AvgIpc) is 2.48. The molecule has 0 unspecified atom stereocenters. The van der Waals surface area contributed by atoms with Crippen LogP contribution in [0.1, 0.15) is 10.4 Å². The van der Waals surface area contributed by atoms with Crippen molar-refractivity contribution in [2.45, 2.75) is 0 Å². The second-order valence-electron chi connectivity index (χ2n) is 5.44. The van der Waals surface area contributed by atoms with Crippen LogP contribution in [-0.2, 0) is 10.0 Å². The van der Waals surface area contributed by atoms with Crippen LogP contribution in [0.15, 0.2) is 24.4 Å². The van der Waals surface area contributed by atoms with Crippen LogP contribution in [0.5, 0.6) is 11.5 Å². The first kappa shape index (κ1) is 19.9. The van der Waals surface area contributed by atoms with E-state index in [9.17, 15) is 22.0 Å². The van der Waals surface area contributed by atoms with E-state index in [2.05, 4.69) is 4.98 Å². The quantitative estimate of drug-likeness (QED) is 0.822. The number of sulfonamides is 1. The molecule has 0 aliphatic carbocycles. The molecule has 7 nitrogen and oxygen atoms in total. The number of nitrogens with zero attached hydrogens (tertiary/aromatic N) is 2. The smallest absolute Gasteiger partial charge is 0.267 e. The van der Waals surface area contributed by atoms with Crippen molar-refractivity contribution in [2.75, 3.05) is 25.3 Å². The highest BCUT2D eigenvalue weighted by atomic mass is 35.5. The summed E-state index contributed by atoms with van der Waals surface area (Å²) in [5.74, 6) is -3.54. The number of aromatic nitrogens is 1. The van der Waals surface area contributed by atoms with Crippen molar-refractivity contribution in [3.63, 3.8) is 0 Å². The Bertz CT molecular complexity index is 968. The number of carbonyl (C=O) groups excluding carboxylic acids is 1. The Kier molecular flexibility index (Phi) is 5.67. The number of rotatable bonds is 5. The molecular formula is C15H14ClF2N3O4S. The number of ether oxygens (including phenoxy) is 1. The van der Waals surface area contributed by atoms with Gasteiger partial charge in [-0.05, 0) is 6.07 Å². The zero-order valence-electron chi connectivity index (χ0n) is 13.9. The van der Waals surface area contributed by atoms with E-state index in [1.165, 1.54) is 12.3 Å². The zero-order chi connectivity index (χ0) is 19.6. The van der Waals surface area contributed by atoms with Gasteiger partial charge in [-0.2, -0.15) is 0 Å². The van der Waals surface area contributed by atoms with Crippen LogP contribution in [0.4, 0.5) is 14.6 Å². The molecule has 1 aromatic heterocycles. The molecule has 0 atom stereocenters. The summed E-state index contributed by atoms with van der Waals surface area (Å²) in [5.41, 5.74) is -0.778. The van der Waals surface area contributed by atoms with Crippen molar-refractivity contribution in [3.05, 3.63) is 46.6 Å². The summed E-state index contributed by atoms with van der Waals surface area (Å²) in [6.07, 6.45) is 1.98. The normalized spacial score (nSPS) is 11.2. The Morgan fingerprint density at radius 2 is 1.88 bits per heavy atom. The van der Waals surface area contributed by atoms with Crippen molar-refractivity contribution in [1.82, 2.24) is 9.71 Å². The number of hydrogen-bond acceptors (Lipinski definition) is 6. The second-order valence-corrected chi connectivity index (χ2v) is 7.59. The maximum atomic E-state index is 14.1. The van der Waals surface area contributed by atoms with Gasteiger partial charge in [-0.25, -0.2) is 26.9 Å². The van der Waals surface area contributed by atoms with Gasteiger partial charge in [-0.15, -0.1) is 0 Å². The topological polar surface area (TPSA) is 88.6 Å². The lowest BCUT2D eigenvalue weighted by molar-refractivity contribution is 0.0977. The van der Waals surface area contributed by atoms with Gasteiger partial charge in [0.25, 0.3) is 5.91 Å². The molecule has 0 aliphatic heterocycles. The summed E-state index contributed by atoms with van der Waals surface area (Å²) >= 11 is 6.03. The number of carbonyl (C=O) groups is 1. The molecule has 0 saturated carbocycles. The molecule has 0 fully saturated rings. The largest absolute Gasteiger partial charge is 0.452 e. The molecule has 0 radical (unpaired) electrons. The third kappa shape index (κ3) is 4.79. The highest BCUT2D eigenvalue weighted by molar-refractivity contribution is 7.89. The number of anilines is 1. The van der Waals surface area contributed by atoms with Gasteiger partial charge in [0.15, 0.2) is 11.6 Å². The molecule has 1 N–H and O–H groups in total. The summed E-state index contributed by atoms with van der Waals surface area (Å²) < 4.78 is 57.0. The molecule has 1 heterocycles. The maximum absolute atomic E-state index is 14.1. The molecule has 0 aliphatic rings. The zero-order valence-corrected chi connectivity index (χ0v) is 15.5. The van der Waals surface area contributed by atoms with Gasteiger partial charge in [0.2, 0.25) is 10.0 Å². The van der Waals surface area contributed by atoms with Crippen LogP contribution >= 0.6 is 11.6 Å². The Morgan fingerprint density at radius 1 is 1.23 bits per heavy atom. The van der Waals surface area contributed by atoms with Crippen molar-refractivity contribution >= 4 is 33.3 Å². The fraction of sp³-hybridized carbons (Fsp3) is 0.200. The Balaban J connectivity index is 2.31. The van der Waals surface area contributed by atoms with Gasteiger partial charge >= 0.3 is 0 Å². The van der Waals surface area contributed by atoms with E-state index in [1.54, 1.807) is 23.7 Å². The van der Waals surface area contributed by atoms with E-state index >= 15 is 0 Å². The van der Waals surface area contributed by atoms with Crippen LogP contribution in [0.25, 0.3) is 0 Å². The average molecular weight is 406 g/mol. The fourth-order valence-corrected chi connectivity index (χ4v) is 2.70. The van der Waals surface area contributed by atoms with E-state index in [-0.39, 0.29) is 10.8 Å². The van der Waals surface area contributed by atoms with E-state index in [0.717, 1.165) is 0 Å². The minimum absolute atomic E-state index is 0.0484. The van der Waals surface area contributed by atoms with Crippen molar-refractivity contribution in [3.8, 4) is 11.5 Å². The van der Waals surface area contributed by atoms with Gasteiger partial charge in [-0.1, -0.05) is 11.6 Å². The molecule has 0 spiro atoms. The van der Waals surface area contributed by atoms with E-state index in [4.69, 9.17) is 16.3 Å². The molecule has 1 aromatic carbocycles. The monoisotopic (exact) mass is 405 g/mol. The third-order valence-corrected chi connectivity index (χ3v) is 3.83. The van der Waals surface area contributed by atoms with Gasteiger partial charge in [0, 0.05) is 26.2 Å². The summed E-state index contributed by atoms with van der Waals surface area (Å²) in [6, 6.07) is 2.53. The van der Waals surface area contributed by atoms with Gasteiger partial charge in [0.1, 0.15) is 17.4 Å². The number of hydrogen-bond donors (Lipinski definition) is 1. The van der Waals surface area contributed by atoms with E-state index in [1.807, 2.05) is 0 Å². The van der Waals surface area contributed by atoms with Crippen molar-refractivity contribution in [1.29, 1.82) is 0 Å². The Hall–Kier alpha value is -2.46. The predicted molar refractivity (Wildman–Crippen MR) is 92.3 cm³/mol. The lowest BCUT2D eigenvalue weighted by Crippen LogP contribution is -2.30. The van der Waals surface area contributed by atoms with Crippen LogP contribution in [0.3, 0.4) is 0 Å². The van der Waals surface area contributed by atoms with E-state index < -0.39 is 38.9 Å². The van der Waals surface area contributed by atoms with Crippen LogP contribution < -0.4 is 14.4 Å². The van der Waals surface area contributed by atoms with Crippen LogP contribution in [0, 0.1) is 11.6 Å². The molecule has 26 heavy (non-hydrogen) atoms. The number of halogens is 3. The molecule has 2 aromatic rings. The minimum atomic E-state index is -3.92. The SMILES string of the molecule is CN(C)c1ncc(Oc2cc(F)c(C(=O)NS(C)(=O)=O)cc2F)cc1Cl. The summed E-state index contributed by atoms with van der Waals surface area (Å²) in [5, 5.41) is 0.234. The van der Waals surface area contributed by atoms with Crippen molar-refractivity contribution < 1.29 is 26.7 Å². The standard InChI is InChI=1S/C15H14ClF2N3O4S/c1-21(2)14-10(16)4-8(7-19-14)25-13-6-11(17)9(5-12(13)18)15(22)20-26(3,23)24/h4-7H,1-3H3,(H,20,22). The number of benzene rings is 1. The predicted octanol–water partition coefficient (Wildman–Crippen LogP) is 2.56. The first-order valence-corrected chi connectivity index (χ1v) is 9.26. The number of amides is 1. The third-order valence-electron chi connectivity index (χ3n) is 2.99. The van der Waals surface area contributed by atoms with E-state index in [0.29, 0.717) is 24.2 Å². The fourth-order valence-electron chi connectivity index (χ4n) is 1.93. The minimum Gasteiger partial charge on any atom is -0.452 e. The van der Waals surface area contributed by atoms with Crippen molar-refractivity contribution in [2.24, 2.45) is 0 Å². The molecular weight excluding hydrogens is 392 g/mol. The summed E-state index contributed by atoms with van der Waals surface area (Å²) in [7, 11) is -0.470.